The van der Waals surface area contributed by atoms with Gasteiger partial charge in [0, 0.05) is 29.8 Å². The highest BCUT2D eigenvalue weighted by atomic mass is 35.5. The minimum absolute atomic E-state index is 0.0339. The lowest BCUT2D eigenvalue weighted by atomic mass is 10.1. The molecule has 8 heteroatoms. The molecule has 0 spiro atoms. The smallest absolute Gasteiger partial charge is 0.315 e. The number of halogens is 1. The fourth-order valence-electron chi connectivity index (χ4n) is 3.96. The monoisotopic (exact) mass is 444 g/mol. The number of benzene rings is 2. The summed E-state index contributed by atoms with van der Waals surface area (Å²) >= 11 is 6.13. The third-order valence-corrected chi connectivity index (χ3v) is 5.59. The minimum atomic E-state index is -0.364. The second-order valence-corrected chi connectivity index (χ2v) is 8.33. The summed E-state index contributed by atoms with van der Waals surface area (Å²) in [7, 11) is 1.62. The van der Waals surface area contributed by atoms with Gasteiger partial charge in [0.25, 0.3) is 0 Å². The normalized spacial score (nSPS) is 15.5. The Balaban J connectivity index is 1.49. The number of carbonyl (C=O) groups excluding carboxylic acids is 2. The molecule has 3 amide bonds. The lowest BCUT2D eigenvalue weighted by Crippen LogP contribution is -2.45. The highest BCUT2D eigenvalue weighted by molar-refractivity contribution is 6.31. The Kier molecular flexibility index (Phi) is 7.28. The Morgan fingerprint density at radius 2 is 1.87 bits per heavy atom. The summed E-state index contributed by atoms with van der Waals surface area (Å²) < 4.78 is 5.42. The van der Waals surface area contributed by atoms with Gasteiger partial charge in [0.15, 0.2) is 0 Å². The molecule has 1 atom stereocenters. The zero-order chi connectivity index (χ0) is 22.5. The number of carbonyl (C=O) groups is 2. The van der Waals surface area contributed by atoms with Crippen molar-refractivity contribution in [3.8, 4) is 5.75 Å². The maximum absolute atomic E-state index is 12.3. The van der Waals surface area contributed by atoms with Crippen molar-refractivity contribution in [2.24, 2.45) is 0 Å². The molecule has 0 bridgehead atoms. The Bertz CT molecular complexity index is 956. The third kappa shape index (κ3) is 5.82. The van der Waals surface area contributed by atoms with Crippen LogP contribution >= 0.6 is 11.6 Å². The summed E-state index contributed by atoms with van der Waals surface area (Å²) in [6.45, 7) is 7.24. The Morgan fingerprint density at radius 1 is 1.16 bits per heavy atom. The Labute approximate surface area is 188 Å². The molecule has 0 radical (unpaired) electrons. The number of rotatable bonds is 6. The standard InChI is InChI=1S/C23H29ClN4O3/c1-14-9-15(2)22(16(3)10-14)27-21(29)12-25-23(30)26-18-7-8-28(13-18)19-11-17(24)5-6-20(19)31-4/h5-6,9-11,18H,7-8,12-13H2,1-4H3,(H,27,29)(H2,25,26,30). The van der Waals surface area contributed by atoms with Crippen molar-refractivity contribution in [2.75, 3.05) is 37.0 Å². The summed E-state index contributed by atoms with van der Waals surface area (Å²) in [4.78, 5) is 26.7. The molecule has 166 valence electrons. The van der Waals surface area contributed by atoms with E-state index in [0.717, 1.165) is 46.8 Å². The van der Waals surface area contributed by atoms with Crippen LogP contribution < -0.4 is 25.6 Å². The first-order valence-corrected chi connectivity index (χ1v) is 10.6. The van der Waals surface area contributed by atoms with Gasteiger partial charge in [-0.3, -0.25) is 4.79 Å². The summed E-state index contributed by atoms with van der Waals surface area (Å²) in [6.07, 6.45) is 0.789. The molecule has 3 N–H and O–H groups in total. The highest BCUT2D eigenvalue weighted by Gasteiger charge is 2.26. The molecule has 2 aromatic rings. The number of anilines is 2. The average Bonchev–Trinajstić information content (AvgIpc) is 3.17. The van der Waals surface area contributed by atoms with Crippen LogP contribution in [-0.4, -0.2) is 44.7 Å². The molecule has 1 aliphatic heterocycles. The van der Waals surface area contributed by atoms with Crippen LogP contribution in [0.1, 0.15) is 23.1 Å². The number of hydrogen-bond acceptors (Lipinski definition) is 4. The zero-order valence-electron chi connectivity index (χ0n) is 18.3. The second kappa shape index (κ2) is 9.92. The summed E-state index contributed by atoms with van der Waals surface area (Å²) in [5.74, 6) is 0.481. The predicted octanol–water partition coefficient (Wildman–Crippen LogP) is 3.79. The summed E-state index contributed by atoms with van der Waals surface area (Å²) in [5.41, 5.74) is 4.84. The minimum Gasteiger partial charge on any atom is -0.495 e. The van der Waals surface area contributed by atoms with E-state index in [1.54, 1.807) is 13.2 Å². The zero-order valence-corrected chi connectivity index (χ0v) is 19.1. The molecule has 2 aromatic carbocycles. The summed E-state index contributed by atoms with van der Waals surface area (Å²) in [5, 5.41) is 9.09. The maximum atomic E-state index is 12.3. The van der Waals surface area contributed by atoms with Gasteiger partial charge in [-0.05, 0) is 56.5 Å². The molecule has 1 unspecified atom stereocenters. The van der Waals surface area contributed by atoms with Gasteiger partial charge in [0.2, 0.25) is 5.91 Å². The molecule has 1 heterocycles. The van der Waals surface area contributed by atoms with Crippen LogP contribution in [-0.2, 0) is 4.79 Å². The van der Waals surface area contributed by atoms with Crippen LogP contribution in [0.25, 0.3) is 0 Å². The molecule has 31 heavy (non-hydrogen) atoms. The predicted molar refractivity (Wildman–Crippen MR) is 124 cm³/mol. The molecular formula is C23H29ClN4O3. The number of aryl methyl sites for hydroxylation is 3. The third-order valence-electron chi connectivity index (χ3n) is 5.36. The van der Waals surface area contributed by atoms with Crippen molar-refractivity contribution in [3.63, 3.8) is 0 Å². The maximum Gasteiger partial charge on any atom is 0.315 e. The van der Waals surface area contributed by atoms with E-state index in [1.807, 2.05) is 45.0 Å². The van der Waals surface area contributed by atoms with Crippen LogP contribution in [0.15, 0.2) is 30.3 Å². The average molecular weight is 445 g/mol. The van der Waals surface area contributed by atoms with Gasteiger partial charge in [0.1, 0.15) is 5.75 Å². The molecule has 3 rings (SSSR count). The molecule has 7 nitrogen and oxygen atoms in total. The van der Waals surface area contributed by atoms with E-state index in [9.17, 15) is 9.59 Å². The van der Waals surface area contributed by atoms with Crippen LogP contribution in [0.3, 0.4) is 0 Å². The van der Waals surface area contributed by atoms with Gasteiger partial charge in [-0.1, -0.05) is 29.3 Å². The largest absolute Gasteiger partial charge is 0.495 e. The SMILES string of the molecule is COc1ccc(Cl)cc1N1CCC(NC(=O)NCC(=O)Nc2c(C)cc(C)cc2C)C1. The molecule has 1 saturated heterocycles. The quantitative estimate of drug-likeness (QED) is 0.633. The molecule has 0 aromatic heterocycles. The fourth-order valence-corrected chi connectivity index (χ4v) is 4.13. The van der Waals surface area contributed by atoms with Crippen molar-refractivity contribution in [3.05, 3.63) is 52.0 Å². The molecular weight excluding hydrogens is 416 g/mol. The van der Waals surface area contributed by atoms with Crippen molar-refractivity contribution >= 4 is 34.9 Å². The number of hydrogen-bond donors (Lipinski definition) is 3. The van der Waals surface area contributed by atoms with Gasteiger partial charge in [-0.2, -0.15) is 0 Å². The van der Waals surface area contributed by atoms with Crippen molar-refractivity contribution in [1.82, 2.24) is 10.6 Å². The fraction of sp³-hybridized carbons (Fsp3) is 0.391. The lowest BCUT2D eigenvalue weighted by molar-refractivity contribution is -0.115. The van der Waals surface area contributed by atoms with Crippen molar-refractivity contribution < 1.29 is 14.3 Å². The first kappa shape index (κ1) is 22.7. The van der Waals surface area contributed by atoms with E-state index in [4.69, 9.17) is 16.3 Å². The number of nitrogens with one attached hydrogen (secondary N) is 3. The van der Waals surface area contributed by atoms with Crippen molar-refractivity contribution in [1.29, 1.82) is 0 Å². The van der Waals surface area contributed by atoms with Crippen molar-refractivity contribution in [2.45, 2.75) is 33.2 Å². The van der Waals surface area contributed by atoms with Crippen LogP contribution in [0, 0.1) is 20.8 Å². The first-order valence-electron chi connectivity index (χ1n) is 10.3. The number of nitrogens with zero attached hydrogens (tertiary/aromatic N) is 1. The van der Waals surface area contributed by atoms with Gasteiger partial charge in [-0.15, -0.1) is 0 Å². The topological polar surface area (TPSA) is 82.7 Å². The molecule has 0 saturated carbocycles. The molecule has 1 fully saturated rings. The van der Waals surface area contributed by atoms with Gasteiger partial charge < -0.3 is 25.6 Å². The van der Waals surface area contributed by atoms with Gasteiger partial charge in [-0.25, -0.2) is 4.79 Å². The van der Waals surface area contributed by atoms with E-state index >= 15 is 0 Å². The number of amides is 3. The number of ether oxygens (including phenoxy) is 1. The van der Waals surface area contributed by atoms with Gasteiger partial charge in [0.05, 0.1) is 19.3 Å². The van der Waals surface area contributed by atoms with Crippen LogP contribution in [0.2, 0.25) is 5.02 Å². The van der Waals surface area contributed by atoms with Gasteiger partial charge >= 0.3 is 6.03 Å². The van der Waals surface area contributed by atoms with E-state index in [0.29, 0.717) is 11.6 Å². The van der Waals surface area contributed by atoms with E-state index in [-0.39, 0.29) is 24.5 Å². The second-order valence-electron chi connectivity index (χ2n) is 7.90. The first-order chi connectivity index (χ1) is 14.8. The number of urea groups is 1. The molecule has 0 aliphatic carbocycles. The van der Waals surface area contributed by atoms with E-state index in [1.165, 1.54) is 0 Å². The van der Waals surface area contributed by atoms with E-state index < -0.39 is 0 Å². The highest BCUT2D eigenvalue weighted by Crippen LogP contribution is 2.33. The van der Waals surface area contributed by atoms with Crippen LogP contribution in [0.5, 0.6) is 5.75 Å². The Hall–Kier alpha value is -2.93. The Morgan fingerprint density at radius 3 is 2.55 bits per heavy atom. The molecule has 1 aliphatic rings. The number of methoxy groups -OCH3 is 1. The van der Waals surface area contributed by atoms with E-state index in [2.05, 4.69) is 20.9 Å². The summed E-state index contributed by atoms with van der Waals surface area (Å²) in [6, 6.07) is 9.12. The lowest BCUT2D eigenvalue weighted by Gasteiger charge is -2.22. The van der Waals surface area contributed by atoms with Crippen LogP contribution in [0.4, 0.5) is 16.2 Å².